The Morgan fingerprint density at radius 3 is 2.50 bits per heavy atom. The lowest BCUT2D eigenvalue weighted by Gasteiger charge is -2.11. The van der Waals surface area contributed by atoms with Crippen molar-refractivity contribution in [1.82, 2.24) is 15.0 Å². The van der Waals surface area contributed by atoms with Crippen molar-refractivity contribution in [1.29, 1.82) is 0 Å². The van der Waals surface area contributed by atoms with Gasteiger partial charge < -0.3 is 5.32 Å². The monoisotopic (exact) mass is 242 g/mol. The van der Waals surface area contributed by atoms with E-state index < -0.39 is 0 Å². The number of hydrogen-bond donors (Lipinski definition) is 1. The minimum Gasteiger partial charge on any atom is -0.373 e. The van der Waals surface area contributed by atoms with Crippen molar-refractivity contribution < 1.29 is 0 Å². The average Bonchev–Trinajstić information content (AvgIpc) is 2.40. The van der Waals surface area contributed by atoms with E-state index in [0.29, 0.717) is 0 Å². The van der Waals surface area contributed by atoms with E-state index in [2.05, 4.69) is 33.3 Å². The molecule has 0 aliphatic heterocycles. The highest BCUT2D eigenvalue weighted by Crippen LogP contribution is 2.25. The molecule has 0 radical (unpaired) electrons. The first-order chi connectivity index (χ1) is 8.65. The Morgan fingerprint density at radius 1 is 1.17 bits per heavy atom. The van der Waals surface area contributed by atoms with Crippen LogP contribution in [0.5, 0.6) is 0 Å². The number of rotatable bonds is 3. The first-order valence-corrected chi connectivity index (χ1v) is 6.14. The maximum Gasteiger partial charge on any atom is 0.132 e. The summed E-state index contributed by atoms with van der Waals surface area (Å²) in [5, 5.41) is 3.12. The Bertz CT molecular complexity index is 546. The Labute approximate surface area is 108 Å². The van der Waals surface area contributed by atoms with Gasteiger partial charge in [0, 0.05) is 36.5 Å². The van der Waals surface area contributed by atoms with Gasteiger partial charge in [-0.15, -0.1) is 0 Å². The molecule has 4 nitrogen and oxygen atoms in total. The highest BCUT2D eigenvalue weighted by molar-refractivity contribution is 5.67. The molecule has 18 heavy (non-hydrogen) atoms. The summed E-state index contributed by atoms with van der Waals surface area (Å²) >= 11 is 0. The summed E-state index contributed by atoms with van der Waals surface area (Å²) in [5.74, 6) is 1.73. The predicted molar refractivity (Wildman–Crippen MR) is 73.7 cm³/mol. The second-order valence-electron chi connectivity index (χ2n) is 4.25. The molecule has 0 aliphatic carbocycles. The van der Waals surface area contributed by atoms with Gasteiger partial charge in [-0.2, -0.15) is 0 Å². The van der Waals surface area contributed by atoms with Crippen LogP contribution in [0.15, 0.2) is 18.3 Å². The van der Waals surface area contributed by atoms with Gasteiger partial charge in [0.15, 0.2) is 0 Å². The van der Waals surface area contributed by atoms with Gasteiger partial charge in [0.2, 0.25) is 0 Å². The van der Waals surface area contributed by atoms with Gasteiger partial charge in [-0.25, -0.2) is 9.97 Å². The van der Waals surface area contributed by atoms with Crippen LogP contribution < -0.4 is 5.32 Å². The van der Waals surface area contributed by atoms with E-state index >= 15 is 0 Å². The molecule has 0 spiro atoms. The number of aryl methyl sites for hydroxylation is 2. The lowest BCUT2D eigenvalue weighted by atomic mass is 10.1. The van der Waals surface area contributed by atoms with Crippen molar-refractivity contribution in [2.75, 3.05) is 12.4 Å². The van der Waals surface area contributed by atoms with Gasteiger partial charge in [-0.3, -0.25) is 4.98 Å². The van der Waals surface area contributed by atoms with E-state index in [1.54, 1.807) is 0 Å². The lowest BCUT2D eigenvalue weighted by molar-refractivity contribution is 0.935. The highest BCUT2D eigenvalue weighted by atomic mass is 15.0. The summed E-state index contributed by atoms with van der Waals surface area (Å²) in [6, 6.07) is 4.05. The number of aromatic nitrogens is 3. The fourth-order valence-corrected chi connectivity index (χ4v) is 1.85. The molecule has 2 heterocycles. The minimum atomic E-state index is 0.821. The highest BCUT2D eigenvalue weighted by Gasteiger charge is 2.11. The maximum absolute atomic E-state index is 4.61. The summed E-state index contributed by atoms with van der Waals surface area (Å²) in [5.41, 5.74) is 4.06. The van der Waals surface area contributed by atoms with Crippen molar-refractivity contribution in [3.63, 3.8) is 0 Å². The van der Waals surface area contributed by atoms with Crippen LogP contribution in [0, 0.1) is 13.8 Å². The zero-order valence-corrected chi connectivity index (χ0v) is 11.3. The Kier molecular flexibility index (Phi) is 3.55. The summed E-state index contributed by atoms with van der Waals surface area (Å²) in [6.07, 6.45) is 2.69. The number of nitrogens with one attached hydrogen (secondary N) is 1. The smallest absolute Gasteiger partial charge is 0.132 e. The zero-order chi connectivity index (χ0) is 13.1. The Morgan fingerprint density at radius 2 is 1.94 bits per heavy atom. The average molecular weight is 242 g/mol. The SMILES string of the molecule is CCc1nc(NC)c(C)c(-c2ccc(C)nc2)n1. The first kappa shape index (κ1) is 12.5. The van der Waals surface area contributed by atoms with Crippen LogP contribution >= 0.6 is 0 Å². The van der Waals surface area contributed by atoms with Crippen molar-refractivity contribution >= 4 is 5.82 Å². The van der Waals surface area contributed by atoms with Crippen LogP contribution in [0.2, 0.25) is 0 Å². The second-order valence-corrected chi connectivity index (χ2v) is 4.25. The second kappa shape index (κ2) is 5.12. The first-order valence-electron chi connectivity index (χ1n) is 6.14. The fraction of sp³-hybridized carbons (Fsp3) is 0.357. The van der Waals surface area contributed by atoms with Crippen molar-refractivity contribution in [3.05, 3.63) is 35.4 Å². The molecule has 1 N–H and O–H groups in total. The fourth-order valence-electron chi connectivity index (χ4n) is 1.85. The molecular formula is C14H18N4. The van der Waals surface area contributed by atoms with Gasteiger partial charge in [0.05, 0.1) is 5.69 Å². The maximum atomic E-state index is 4.61. The standard InChI is InChI=1S/C14H18N4/c1-5-12-17-13(10(3)14(15-4)18-12)11-7-6-9(2)16-8-11/h6-8H,5H2,1-4H3,(H,15,17,18). The predicted octanol–water partition coefficient (Wildman–Crippen LogP) is 2.76. The molecule has 2 rings (SSSR count). The molecule has 94 valence electrons. The zero-order valence-electron chi connectivity index (χ0n) is 11.3. The Balaban J connectivity index is 2.58. The largest absolute Gasteiger partial charge is 0.373 e. The summed E-state index contributed by atoms with van der Waals surface area (Å²) in [6.45, 7) is 6.06. The topological polar surface area (TPSA) is 50.7 Å². The molecule has 0 aliphatic rings. The molecule has 0 saturated heterocycles. The van der Waals surface area contributed by atoms with Crippen molar-refractivity contribution in [2.24, 2.45) is 0 Å². The van der Waals surface area contributed by atoms with Crippen LogP contribution in [0.3, 0.4) is 0 Å². The molecule has 2 aromatic rings. The van der Waals surface area contributed by atoms with Gasteiger partial charge in [-0.1, -0.05) is 6.92 Å². The third-order valence-electron chi connectivity index (χ3n) is 2.93. The van der Waals surface area contributed by atoms with Crippen molar-refractivity contribution in [2.45, 2.75) is 27.2 Å². The molecule has 0 saturated carbocycles. The summed E-state index contributed by atoms with van der Waals surface area (Å²) < 4.78 is 0. The van der Waals surface area contributed by atoms with E-state index in [1.807, 2.05) is 33.2 Å². The summed E-state index contributed by atoms with van der Waals surface area (Å²) in [7, 11) is 1.88. The van der Waals surface area contributed by atoms with Crippen LogP contribution in [-0.2, 0) is 6.42 Å². The van der Waals surface area contributed by atoms with Gasteiger partial charge in [-0.05, 0) is 26.0 Å². The van der Waals surface area contributed by atoms with E-state index in [9.17, 15) is 0 Å². The number of pyridine rings is 1. The molecule has 0 unspecified atom stereocenters. The van der Waals surface area contributed by atoms with E-state index in [1.165, 1.54) is 0 Å². The van der Waals surface area contributed by atoms with E-state index in [0.717, 1.165) is 40.6 Å². The molecule has 0 bridgehead atoms. The molecule has 0 amide bonds. The third-order valence-corrected chi connectivity index (χ3v) is 2.93. The number of anilines is 1. The molecule has 0 atom stereocenters. The third kappa shape index (κ3) is 2.32. The molecular weight excluding hydrogens is 224 g/mol. The molecule has 0 fully saturated rings. The molecule has 2 aromatic heterocycles. The van der Waals surface area contributed by atoms with Gasteiger partial charge in [0.1, 0.15) is 11.6 Å². The molecule has 4 heteroatoms. The van der Waals surface area contributed by atoms with E-state index in [-0.39, 0.29) is 0 Å². The Hall–Kier alpha value is -1.97. The minimum absolute atomic E-state index is 0.821. The van der Waals surface area contributed by atoms with Crippen LogP contribution in [0.1, 0.15) is 24.0 Å². The lowest BCUT2D eigenvalue weighted by Crippen LogP contribution is -2.04. The quantitative estimate of drug-likeness (QED) is 0.899. The molecule has 0 aromatic carbocycles. The van der Waals surface area contributed by atoms with Crippen LogP contribution in [0.4, 0.5) is 5.82 Å². The number of nitrogens with zero attached hydrogens (tertiary/aromatic N) is 3. The number of hydrogen-bond acceptors (Lipinski definition) is 4. The van der Waals surface area contributed by atoms with Crippen molar-refractivity contribution in [3.8, 4) is 11.3 Å². The van der Waals surface area contributed by atoms with Gasteiger partial charge >= 0.3 is 0 Å². The summed E-state index contributed by atoms with van der Waals surface area (Å²) in [4.78, 5) is 13.4. The van der Waals surface area contributed by atoms with E-state index in [4.69, 9.17) is 0 Å². The van der Waals surface area contributed by atoms with Crippen LogP contribution in [0.25, 0.3) is 11.3 Å². The normalized spacial score (nSPS) is 10.4. The van der Waals surface area contributed by atoms with Crippen LogP contribution in [-0.4, -0.2) is 22.0 Å². The van der Waals surface area contributed by atoms with Gasteiger partial charge in [0.25, 0.3) is 0 Å².